The molecule has 1 saturated carbocycles. The van der Waals surface area contributed by atoms with Crippen molar-refractivity contribution in [2.75, 3.05) is 6.54 Å². The first-order valence-electron chi connectivity index (χ1n) is 6.27. The average Bonchev–Trinajstić information content (AvgIpc) is 2.16. The zero-order chi connectivity index (χ0) is 12.0. The van der Waals surface area contributed by atoms with Crippen LogP contribution in [0.4, 0.5) is 13.2 Å². The van der Waals surface area contributed by atoms with E-state index in [1.54, 1.807) is 6.92 Å². The minimum atomic E-state index is -4.04. The molecule has 0 aliphatic heterocycles. The van der Waals surface area contributed by atoms with Crippen LogP contribution in [0.2, 0.25) is 0 Å². The molecule has 0 aromatic rings. The molecule has 4 heteroatoms. The second-order valence-electron chi connectivity index (χ2n) is 4.97. The summed E-state index contributed by atoms with van der Waals surface area (Å²) < 4.78 is 36.1. The maximum Gasteiger partial charge on any atom is 0.390 e. The van der Waals surface area contributed by atoms with Crippen LogP contribution in [0, 0.1) is 5.92 Å². The van der Waals surface area contributed by atoms with Crippen LogP contribution in [0.3, 0.4) is 0 Å². The normalized spacial score (nSPS) is 21.0. The molecule has 1 aliphatic rings. The van der Waals surface area contributed by atoms with Crippen molar-refractivity contribution in [1.82, 2.24) is 5.32 Å². The molecule has 0 amide bonds. The standard InChI is InChI=1S/C12H22F3N/c1-10(9-12(13,14)15)16-8-7-11-5-3-2-4-6-11/h10-11,16H,2-9H2,1H3. The summed E-state index contributed by atoms with van der Waals surface area (Å²) in [5, 5.41) is 2.97. The van der Waals surface area contributed by atoms with Crippen LogP contribution in [-0.2, 0) is 0 Å². The van der Waals surface area contributed by atoms with Crippen molar-refractivity contribution in [3.63, 3.8) is 0 Å². The lowest BCUT2D eigenvalue weighted by molar-refractivity contribution is -0.139. The second-order valence-corrected chi connectivity index (χ2v) is 4.97. The summed E-state index contributed by atoms with van der Waals surface area (Å²) in [7, 11) is 0. The smallest absolute Gasteiger partial charge is 0.314 e. The summed E-state index contributed by atoms with van der Waals surface area (Å²) in [5.74, 6) is 0.735. The van der Waals surface area contributed by atoms with Crippen molar-refractivity contribution in [3.8, 4) is 0 Å². The van der Waals surface area contributed by atoms with E-state index in [1.807, 2.05) is 0 Å². The number of halogens is 3. The molecule has 1 unspecified atom stereocenters. The molecule has 1 rings (SSSR count). The van der Waals surface area contributed by atoms with E-state index in [0.717, 1.165) is 18.9 Å². The van der Waals surface area contributed by atoms with Gasteiger partial charge in [-0.15, -0.1) is 0 Å². The number of rotatable bonds is 5. The lowest BCUT2D eigenvalue weighted by atomic mass is 9.87. The Morgan fingerprint density at radius 2 is 1.81 bits per heavy atom. The second kappa shape index (κ2) is 6.48. The fourth-order valence-corrected chi connectivity index (χ4v) is 2.43. The van der Waals surface area contributed by atoms with Gasteiger partial charge in [0.1, 0.15) is 0 Å². The van der Waals surface area contributed by atoms with Gasteiger partial charge >= 0.3 is 6.18 Å². The van der Waals surface area contributed by atoms with E-state index in [-0.39, 0.29) is 0 Å². The number of hydrogen-bond acceptors (Lipinski definition) is 1. The molecule has 1 N–H and O–H groups in total. The predicted molar refractivity (Wildman–Crippen MR) is 59.3 cm³/mol. The average molecular weight is 237 g/mol. The van der Waals surface area contributed by atoms with E-state index < -0.39 is 18.6 Å². The zero-order valence-electron chi connectivity index (χ0n) is 9.95. The van der Waals surface area contributed by atoms with Crippen LogP contribution in [0.1, 0.15) is 51.9 Å². The minimum Gasteiger partial charge on any atom is -0.314 e. The summed E-state index contributed by atoms with van der Waals surface area (Å²) in [6.07, 6.45) is 2.70. The van der Waals surface area contributed by atoms with Gasteiger partial charge in [0.05, 0.1) is 6.42 Å². The fourth-order valence-electron chi connectivity index (χ4n) is 2.43. The van der Waals surface area contributed by atoms with Crippen molar-refractivity contribution in [2.24, 2.45) is 5.92 Å². The third kappa shape index (κ3) is 6.36. The van der Waals surface area contributed by atoms with Crippen LogP contribution < -0.4 is 5.32 Å². The Morgan fingerprint density at radius 1 is 1.19 bits per heavy atom. The highest BCUT2D eigenvalue weighted by molar-refractivity contribution is 4.70. The van der Waals surface area contributed by atoms with Gasteiger partial charge in [0.25, 0.3) is 0 Å². The van der Waals surface area contributed by atoms with Gasteiger partial charge in [-0.2, -0.15) is 13.2 Å². The maximum absolute atomic E-state index is 12.0. The Bertz CT molecular complexity index is 185. The highest BCUT2D eigenvalue weighted by Crippen LogP contribution is 2.26. The van der Waals surface area contributed by atoms with Crippen molar-refractivity contribution in [2.45, 2.75) is 64.1 Å². The molecule has 0 bridgehead atoms. The predicted octanol–water partition coefficient (Wildman–Crippen LogP) is 3.89. The molecule has 0 heterocycles. The summed E-state index contributed by atoms with van der Waals surface area (Å²) in [6.45, 7) is 2.33. The first kappa shape index (κ1) is 13.8. The summed E-state index contributed by atoms with van der Waals surface area (Å²) in [4.78, 5) is 0. The van der Waals surface area contributed by atoms with Gasteiger partial charge in [-0.1, -0.05) is 32.1 Å². The largest absolute Gasteiger partial charge is 0.390 e. The van der Waals surface area contributed by atoms with Gasteiger partial charge in [-0.05, 0) is 25.8 Å². The SMILES string of the molecule is CC(CC(F)(F)F)NCCC1CCCCC1. The highest BCUT2D eigenvalue weighted by atomic mass is 19.4. The van der Waals surface area contributed by atoms with Crippen LogP contribution in [0.5, 0.6) is 0 Å². The quantitative estimate of drug-likeness (QED) is 0.765. The molecule has 0 aromatic heterocycles. The molecule has 96 valence electrons. The lowest BCUT2D eigenvalue weighted by Crippen LogP contribution is -2.32. The van der Waals surface area contributed by atoms with E-state index in [9.17, 15) is 13.2 Å². The monoisotopic (exact) mass is 237 g/mol. The Morgan fingerprint density at radius 3 is 2.38 bits per heavy atom. The van der Waals surface area contributed by atoms with Gasteiger partial charge in [0, 0.05) is 6.04 Å². The number of hydrogen-bond donors (Lipinski definition) is 1. The maximum atomic E-state index is 12.0. The molecule has 1 fully saturated rings. The summed E-state index contributed by atoms with van der Waals surface area (Å²) >= 11 is 0. The van der Waals surface area contributed by atoms with Gasteiger partial charge in [-0.3, -0.25) is 0 Å². The van der Waals surface area contributed by atoms with Crippen molar-refractivity contribution in [1.29, 1.82) is 0 Å². The van der Waals surface area contributed by atoms with Crippen molar-refractivity contribution in [3.05, 3.63) is 0 Å². The van der Waals surface area contributed by atoms with Crippen molar-refractivity contribution < 1.29 is 13.2 Å². The van der Waals surface area contributed by atoms with Gasteiger partial charge in [0.15, 0.2) is 0 Å². The number of nitrogens with one attached hydrogen (secondary N) is 1. The van der Waals surface area contributed by atoms with Crippen LogP contribution in [-0.4, -0.2) is 18.8 Å². The molecule has 0 saturated heterocycles. The number of alkyl halides is 3. The molecule has 0 radical (unpaired) electrons. The third-order valence-corrected chi connectivity index (χ3v) is 3.31. The molecule has 0 spiro atoms. The van der Waals surface area contributed by atoms with E-state index >= 15 is 0 Å². The first-order chi connectivity index (χ1) is 7.47. The Balaban J connectivity index is 2.05. The van der Waals surface area contributed by atoms with Crippen LogP contribution in [0.15, 0.2) is 0 Å². The molecule has 0 aromatic carbocycles. The fraction of sp³-hybridized carbons (Fsp3) is 1.00. The Hall–Kier alpha value is -0.250. The lowest BCUT2D eigenvalue weighted by Gasteiger charge is -2.23. The van der Waals surface area contributed by atoms with Gasteiger partial charge in [0.2, 0.25) is 0 Å². The van der Waals surface area contributed by atoms with Gasteiger partial charge < -0.3 is 5.32 Å². The summed E-state index contributed by atoms with van der Waals surface area (Å²) in [6, 6.07) is -0.455. The minimum absolute atomic E-state index is 0.455. The molecule has 1 atom stereocenters. The van der Waals surface area contributed by atoms with Gasteiger partial charge in [-0.25, -0.2) is 0 Å². The molecule has 1 aliphatic carbocycles. The Labute approximate surface area is 95.8 Å². The van der Waals surface area contributed by atoms with Crippen molar-refractivity contribution >= 4 is 0 Å². The first-order valence-corrected chi connectivity index (χ1v) is 6.27. The topological polar surface area (TPSA) is 12.0 Å². The molecular formula is C12H22F3N. The molecule has 16 heavy (non-hydrogen) atoms. The third-order valence-electron chi connectivity index (χ3n) is 3.31. The zero-order valence-corrected chi connectivity index (χ0v) is 9.95. The van der Waals surface area contributed by atoms with E-state index in [1.165, 1.54) is 32.1 Å². The highest BCUT2D eigenvalue weighted by Gasteiger charge is 2.29. The summed E-state index contributed by atoms with van der Waals surface area (Å²) in [5.41, 5.74) is 0. The Kier molecular flexibility index (Phi) is 5.59. The van der Waals surface area contributed by atoms with E-state index in [0.29, 0.717) is 0 Å². The van der Waals surface area contributed by atoms with Crippen LogP contribution in [0.25, 0.3) is 0 Å². The van der Waals surface area contributed by atoms with E-state index in [4.69, 9.17) is 0 Å². The molecular weight excluding hydrogens is 215 g/mol. The van der Waals surface area contributed by atoms with E-state index in [2.05, 4.69) is 5.32 Å². The van der Waals surface area contributed by atoms with Crippen LogP contribution >= 0.6 is 0 Å². The molecule has 1 nitrogen and oxygen atoms in total.